The summed E-state index contributed by atoms with van der Waals surface area (Å²) in [5, 5.41) is 13.9. The molecular formula is C51H61ClN8O6S2. The van der Waals surface area contributed by atoms with Crippen LogP contribution in [-0.4, -0.2) is 115 Å². The number of benzene rings is 3. The summed E-state index contributed by atoms with van der Waals surface area (Å²) in [5.74, 6) is 6.06. The van der Waals surface area contributed by atoms with Crippen LogP contribution in [0.25, 0.3) is 16.6 Å². The van der Waals surface area contributed by atoms with Crippen LogP contribution in [0.2, 0.25) is 5.02 Å². The summed E-state index contributed by atoms with van der Waals surface area (Å²) in [5.41, 5.74) is 5.93. The van der Waals surface area contributed by atoms with Crippen molar-refractivity contribution in [2.45, 2.75) is 70.2 Å². The lowest BCUT2D eigenvalue weighted by atomic mass is 9.72. The number of nitro benzene ring substituents is 1. The number of sulfonamides is 1. The molecule has 17 heteroatoms. The molecule has 0 spiro atoms. The highest BCUT2D eigenvalue weighted by atomic mass is 35.5. The van der Waals surface area contributed by atoms with E-state index in [1.165, 1.54) is 47.9 Å². The summed E-state index contributed by atoms with van der Waals surface area (Å²) >= 11 is 6.26. The third-order valence-electron chi connectivity index (χ3n) is 13.8. The molecule has 3 aromatic carbocycles. The third-order valence-corrected chi connectivity index (χ3v) is 18.0. The van der Waals surface area contributed by atoms with Gasteiger partial charge in [0, 0.05) is 104 Å². The average molecular weight is 982 g/mol. The lowest BCUT2D eigenvalue weighted by Gasteiger charge is -2.39. The summed E-state index contributed by atoms with van der Waals surface area (Å²) in [7, 11) is -5.73. The number of nitro groups is 1. The van der Waals surface area contributed by atoms with Crippen LogP contribution in [0, 0.1) is 21.4 Å². The van der Waals surface area contributed by atoms with Crippen LogP contribution in [0.4, 0.5) is 11.4 Å². The first kappa shape index (κ1) is 47.8. The van der Waals surface area contributed by atoms with Gasteiger partial charge < -0.3 is 19.5 Å². The monoisotopic (exact) mass is 980 g/mol. The van der Waals surface area contributed by atoms with E-state index in [0.717, 1.165) is 105 Å². The Kier molecular flexibility index (Phi) is 13.8. The molecule has 2 aliphatic carbocycles. The molecular weight excluding hydrogens is 920 g/mol. The molecule has 0 unspecified atom stereocenters. The molecule has 0 bridgehead atoms. The number of halogens is 1. The maximum Gasteiger partial charge on any atom is 0.273 e. The molecule has 9 rings (SSSR count). The maximum atomic E-state index is 14.1. The van der Waals surface area contributed by atoms with E-state index in [-0.39, 0.29) is 33.2 Å². The Morgan fingerprint density at radius 2 is 1.78 bits per heavy atom. The Balaban J connectivity index is 0.896. The Hall–Kier alpha value is -5.26. The van der Waals surface area contributed by atoms with Gasteiger partial charge in [0.1, 0.15) is 17.1 Å². The second-order valence-corrected chi connectivity index (χ2v) is 25.0. The van der Waals surface area contributed by atoms with Crippen molar-refractivity contribution >= 4 is 70.8 Å². The Morgan fingerprint density at radius 3 is 2.50 bits per heavy atom. The molecule has 2 N–H and O–H groups in total. The van der Waals surface area contributed by atoms with Gasteiger partial charge in [-0.25, -0.2) is 18.1 Å². The van der Waals surface area contributed by atoms with Crippen LogP contribution in [-0.2, 0) is 25.9 Å². The molecule has 14 nitrogen and oxygen atoms in total. The van der Waals surface area contributed by atoms with Gasteiger partial charge >= 0.3 is 0 Å². The number of nitrogens with zero attached hydrogens (tertiary/aromatic N) is 6. The minimum atomic E-state index is -4.56. The fraction of sp³-hybridized carbons (Fsp3) is 0.431. The summed E-state index contributed by atoms with van der Waals surface area (Å²) < 4.78 is 41.3. The molecule has 2 aliphatic heterocycles. The second kappa shape index (κ2) is 19.6. The Morgan fingerprint density at radius 1 is 1.03 bits per heavy atom. The van der Waals surface area contributed by atoms with Gasteiger partial charge in [-0.1, -0.05) is 62.0 Å². The number of rotatable bonds is 15. The molecule has 1 amide bonds. The molecule has 3 fully saturated rings. The number of fused-ring (bicyclic) bond motifs is 1. The van der Waals surface area contributed by atoms with Crippen LogP contribution < -0.4 is 14.4 Å². The summed E-state index contributed by atoms with van der Waals surface area (Å²) in [4.78, 5) is 40.1. The zero-order chi connectivity index (χ0) is 47.8. The molecule has 68 heavy (non-hydrogen) atoms. The standard InChI is InChI=1S/C51H61ClN8O6S2/c1-35(33-58-23-25-67(4,26-24-58)55-41-10-11-41)27-37-7-13-44(30-47(37)60(62)63)68(64,65)56-50(61)45-14-12-42(29-48(45)66-43-28-38-16-18-53-49(38)54-32-43)59-21-19-57(20-22-59)34-39-15-17-51(2,3)31-46(39)36-5-8-40(52)9-6-36/h5-9,12-14,16,18,28-30,32,35,41H,4,10-11,15,17,19-27,31,33-34H2,1-3H3,(H,53,54)(H,56,61)/t35-/m1/s1. The van der Waals surface area contributed by atoms with Gasteiger partial charge in [0.2, 0.25) is 0 Å². The van der Waals surface area contributed by atoms with Crippen LogP contribution in [0.1, 0.15) is 74.4 Å². The predicted molar refractivity (Wildman–Crippen MR) is 274 cm³/mol. The minimum Gasteiger partial charge on any atom is -0.455 e. The van der Waals surface area contributed by atoms with E-state index in [1.54, 1.807) is 30.5 Å². The van der Waals surface area contributed by atoms with Crippen molar-refractivity contribution in [2.75, 3.05) is 68.8 Å². The Bertz CT molecular complexity index is 2970. The number of nitrogens with one attached hydrogen (secondary N) is 2. The molecule has 4 aliphatic rings. The van der Waals surface area contributed by atoms with E-state index in [2.05, 4.69) is 68.2 Å². The van der Waals surface area contributed by atoms with Gasteiger partial charge in [0.25, 0.3) is 21.6 Å². The zero-order valence-electron chi connectivity index (χ0n) is 39.1. The van der Waals surface area contributed by atoms with E-state index in [1.807, 2.05) is 18.2 Å². The van der Waals surface area contributed by atoms with E-state index >= 15 is 0 Å². The number of carbonyl (C=O) groups is 1. The van der Waals surface area contributed by atoms with Crippen LogP contribution >= 0.6 is 11.6 Å². The first-order valence-electron chi connectivity index (χ1n) is 23.6. The van der Waals surface area contributed by atoms with Crippen LogP contribution in [0.3, 0.4) is 0 Å². The fourth-order valence-electron chi connectivity index (χ4n) is 9.75. The number of aromatic amines is 1. The molecule has 360 valence electrons. The van der Waals surface area contributed by atoms with Gasteiger partial charge in [-0.05, 0) is 103 Å². The van der Waals surface area contributed by atoms with Crippen molar-refractivity contribution in [1.29, 1.82) is 0 Å². The van der Waals surface area contributed by atoms with E-state index < -0.39 is 30.3 Å². The number of hydrogen-bond acceptors (Lipinski definition) is 11. The highest BCUT2D eigenvalue weighted by molar-refractivity contribution is 8.02. The summed E-state index contributed by atoms with van der Waals surface area (Å²) in [6.07, 6.45) is 9.25. The largest absolute Gasteiger partial charge is 0.455 e. The first-order chi connectivity index (χ1) is 32.5. The number of anilines is 1. The van der Waals surface area contributed by atoms with Crippen LogP contribution in [0.5, 0.6) is 11.5 Å². The predicted octanol–water partition coefficient (Wildman–Crippen LogP) is 9.25. The van der Waals surface area contributed by atoms with Crippen LogP contribution in [0.15, 0.2) is 100 Å². The molecule has 2 aromatic heterocycles. The fourth-order valence-corrected chi connectivity index (χ4v) is 13.3. The van der Waals surface area contributed by atoms with Gasteiger partial charge in [0.15, 0.2) is 0 Å². The number of hydrogen-bond donors (Lipinski definition) is 2. The van der Waals surface area contributed by atoms with Crippen molar-refractivity contribution in [3.8, 4) is 11.5 Å². The number of ether oxygens (including phenoxy) is 1. The lowest BCUT2D eigenvalue weighted by molar-refractivity contribution is -0.385. The van der Waals surface area contributed by atoms with Crippen molar-refractivity contribution in [3.63, 3.8) is 0 Å². The van der Waals surface area contributed by atoms with Gasteiger partial charge in [-0.3, -0.25) is 24.2 Å². The van der Waals surface area contributed by atoms with Crippen molar-refractivity contribution < 1.29 is 22.9 Å². The SMILES string of the molecule is C=S1(=NC2CC2)CCN(C[C@H](C)Cc2ccc(S(=O)(=O)NC(=O)c3ccc(N4CCN(CC5=C(c6ccc(Cl)cc6)CC(C)(C)CC5)CC4)cc3Oc3cnc4[nH]ccc4c3)cc2[N+](=O)[O-])CC1. The van der Waals surface area contributed by atoms with Gasteiger partial charge in [-0.2, -0.15) is 0 Å². The van der Waals surface area contributed by atoms with Crippen molar-refractivity contribution in [1.82, 2.24) is 24.5 Å². The number of piperazine rings is 1. The topological polar surface area (TPSA) is 166 Å². The van der Waals surface area contributed by atoms with Gasteiger partial charge in [-0.15, -0.1) is 9.41 Å². The quantitative estimate of drug-likeness (QED) is 0.0587. The lowest BCUT2D eigenvalue weighted by Crippen LogP contribution is -2.47. The summed E-state index contributed by atoms with van der Waals surface area (Å²) in [6.45, 7) is 13.3. The number of H-pyrrole nitrogens is 1. The number of allylic oxidation sites excluding steroid dienone is 1. The molecule has 0 radical (unpaired) electrons. The average Bonchev–Trinajstić information content (AvgIpc) is 3.99. The molecule has 4 heterocycles. The smallest absolute Gasteiger partial charge is 0.273 e. The normalized spacial score (nSPS) is 19.4. The maximum absolute atomic E-state index is 14.1. The number of aromatic nitrogens is 2. The van der Waals surface area contributed by atoms with E-state index in [0.29, 0.717) is 29.4 Å². The van der Waals surface area contributed by atoms with E-state index in [4.69, 9.17) is 20.7 Å². The van der Waals surface area contributed by atoms with Crippen molar-refractivity contribution in [2.24, 2.45) is 15.7 Å². The summed E-state index contributed by atoms with van der Waals surface area (Å²) in [6, 6.07) is 21.3. The third kappa shape index (κ3) is 11.4. The Labute approximate surface area is 405 Å². The first-order valence-corrected chi connectivity index (χ1v) is 27.5. The number of amides is 1. The molecule has 1 saturated carbocycles. The molecule has 1 atom stereocenters. The molecule has 2 saturated heterocycles. The highest BCUT2D eigenvalue weighted by Crippen LogP contribution is 2.43. The number of carbonyl (C=O) groups excluding carboxylic acids is 1. The minimum absolute atomic E-state index is 0.0245. The number of pyridine rings is 1. The highest BCUT2D eigenvalue weighted by Gasteiger charge is 2.31. The van der Waals surface area contributed by atoms with Gasteiger partial charge in [0.05, 0.1) is 27.6 Å². The van der Waals surface area contributed by atoms with Crippen molar-refractivity contribution in [3.05, 3.63) is 123 Å². The zero-order valence-corrected chi connectivity index (χ0v) is 41.5. The second-order valence-electron chi connectivity index (χ2n) is 19.9. The molecule has 5 aromatic rings. The van der Waals surface area contributed by atoms with E-state index in [9.17, 15) is 23.3 Å².